The Balaban J connectivity index is 3.38. The van der Waals surface area contributed by atoms with E-state index < -0.39 is 38.5 Å². The van der Waals surface area contributed by atoms with Crippen LogP contribution in [-0.2, 0) is 10.0 Å². The van der Waals surface area contributed by atoms with Crippen molar-refractivity contribution >= 4 is 10.0 Å². The third-order valence-corrected chi connectivity index (χ3v) is 2.65. The molecular formula is C8H8F3NO3S. The Morgan fingerprint density at radius 3 is 2.38 bits per heavy atom. The minimum Gasteiger partial charge on any atom is -0.491 e. The summed E-state index contributed by atoms with van der Waals surface area (Å²) >= 11 is 0. The number of rotatable bonds is 3. The van der Waals surface area contributed by atoms with Crippen molar-refractivity contribution in [1.29, 1.82) is 0 Å². The van der Waals surface area contributed by atoms with Gasteiger partial charge in [0.25, 0.3) is 0 Å². The summed E-state index contributed by atoms with van der Waals surface area (Å²) in [5.74, 6) is -3.35. The van der Waals surface area contributed by atoms with Crippen LogP contribution in [0.4, 0.5) is 13.2 Å². The van der Waals surface area contributed by atoms with Crippen molar-refractivity contribution in [2.45, 2.75) is 5.50 Å². The fourth-order valence-corrected chi connectivity index (χ4v) is 1.62. The number of methoxy groups -OCH3 is 1. The Hall–Kier alpha value is -1.28. The van der Waals surface area contributed by atoms with E-state index in [2.05, 4.69) is 9.88 Å². The van der Waals surface area contributed by atoms with Crippen LogP contribution >= 0.6 is 0 Å². The molecule has 0 spiro atoms. The molecule has 0 aliphatic rings. The number of primary sulfonamides is 1. The molecule has 1 aromatic carbocycles. The van der Waals surface area contributed by atoms with E-state index in [1.165, 1.54) is 0 Å². The zero-order chi connectivity index (χ0) is 12.5. The molecule has 0 aromatic heterocycles. The van der Waals surface area contributed by atoms with Crippen LogP contribution in [0.3, 0.4) is 0 Å². The lowest BCUT2D eigenvalue weighted by atomic mass is 10.2. The van der Waals surface area contributed by atoms with E-state index in [-0.39, 0.29) is 0 Å². The Labute approximate surface area is 89.9 Å². The molecule has 0 saturated carbocycles. The largest absolute Gasteiger partial charge is 0.491 e. The quantitative estimate of drug-likeness (QED) is 0.883. The van der Waals surface area contributed by atoms with Gasteiger partial charge in [0.15, 0.2) is 17.4 Å². The number of hydrogen-bond donors (Lipinski definition) is 1. The smallest absolute Gasteiger partial charge is 0.246 e. The second kappa shape index (κ2) is 4.30. The van der Waals surface area contributed by atoms with Gasteiger partial charge in [-0.25, -0.2) is 26.7 Å². The van der Waals surface area contributed by atoms with E-state index in [1.807, 2.05) is 0 Å². The van der Waals surface area contributed by atoms with Crippen LogP contribution in [0, 0.1) is 11.6 Å². The number of ether oxygens (including phenoxy) is 1. The van der Waals surface area contributed by atoms with Gasteiger partial charge in [-0.1, -0.05) is 0 Å². The van der Waals surface area contributed by atoms with Gasteiger partial charge in [0, 0.05) is 5.56 Å². The Bertz CT molecular complexity index is 503. The first kappa shape index (κ1) is 12.8. The van der Waals surface area contributed by atoms with Crippen LogP contribution in [0.25, 0.3) is 0 Å². The summed E-state index contributed by atoms with van der Waals surface area (Å²) in [5, 5.41) is 4.51. The zero-order valence-corrected chi connectivity index (χ0v) is 8.89. The summed E-state index contributed by atoms with van der Waals surface area (Å²) < 4.78 is 65.2. The van der Waals surface area contributed by atoms with Gasteiger partial charge in [-0.2, -0.15) is 0 Å². The van der Waals surface area contributed by atoms with Crippen LogP contribution in [-0.4, -0.2) is 15.5 Å². The average Bonchev–Trinajstić information content (AvgIpc) is 2.16. The molecule has 0 radical (unpaired) electrons. The zero-order valence-electron chi connectivity index (χ0n) is 8.08. The molecule has 16 heavy (non-hydrogen) atoms. The van der Waals surface area contributed by atoms with Gasteiger partial charge >= 0.3 is 0 Å². The van der Waals surface area contributed by atoms with E-state index in [0.717, 1.165) is 7.11 Å². The van der Waals surface area contributed by atoms with E-state index in [9.17, 15) is 21.6 Å². The molecule has 1 atom stereocenters. The molecule has 0 aliphatic heterocycles. The van der Waals surface area contributed by atoms with Crippen molar-refractivity contribution in [3.63, 3.8) is 0 Å². The number of alkyl halides is 1. The highest BCUT2D eigenvalue weighted by Crippen LogP contribution is 2.31. The molecule has 1 aromatic rings. The summed E-state index contributed by atoms with van der Waals surface area (Å²) in [6, 6.07) is 1.34. The minimum atomic E-state index is -4.60. The van der Waals surface area contributed by atoms with Gasteiger partial charge < -0.3 is 4.74 Å². The van der Waals surface area contributed by atoms with Gasteiger partial charge in [0.1, 0.15) is 0 Å². The van der Waals surface area contributed by atoms with Crippen molar-refractivity contribution in [2.75, 3.05) is 7.11 Å². The second-order valence-corrected chi connectivity index (χ2v) is 4.48. The standard InChI is InChI=1S/C8H8F3NO3S/c1-15-7-5(9)3-2-4(6(7)10)8(11)16(12,13)14/h2-3,8H,1H3,(H2,12,13,14). The second-order valence-electron chi connectivity index (χ2n) is 2.89. The van der Waals surface area contributed by atoms with E-state index in [0.29, 0.717) is 12.1 Å². The van der Waals surface area contributed by atoms with E-state index >= 15 is 0 Å². The molecule has 0 heterocycles. The number of halogens is 3. The van der Waals surface area contributed by atoms with Gasteiger partial charge in [-0.3, -0.25) is 0 Å². The third-order valence-electron chi connectivity index (χ3n) is 1.82. The topological polar surface area (TPSA) is 69.4 Å². The third kappa shape index (κ3) is 2.27. The monoisotopic (exact) mass is 255 g/mol. The molecule has 1 unspecified atom stereocenters. The van der Waals surface area contributed by atoms with Gasteiger partial charge in [-0.05, 0) is 12.1 Å². The Morgan fingerprint density at radius 1 is 1.38 bits per heavy atom. The van der Waals surface area contributed by atoms with Crippen LogP contribution in [0.1, 0.15) is 11.1 Å². The normalized spacial score (nSPS) is 13.6. The van der Waals surface area contributed by atoms with Crippen molar-refractivity contribution in [3.8, 4) is 5.75 Å². The number of hydrogen-bond acceptors (Lipinski definition) is 3. The Morgan fingerprint density at radius 2 is 1.94 bits per heavy atom. The van der Waals surface area contributed by atoms with Crippen molar-refractivity contribution < 1.29 is 26.3 Å². The summed E-state index contributed by atoms with van der Waals surface area (Å²) in [6.45, 7) is 0. The highest BCUT2D eigenvalue weighted by Gasteiger charge is 2.28. The maximum Gasteiger partial charge on any atom is 0.246 e. The van der Waals surface area contributed by atoms with Crippen molar-refractivity contribution in [1.82, 2.24) is 0 Å². The van der Waals surface area contributed by atoms with Gasteiger partial charge in [-0.15, -0.1) is 0 Å². The first-order chi connectivity index (χ1) is 7.29. The average molecular weight is 255 g/mol. The summed E-state index contributed by atoms with van der Waals surface area (Å²) in [4.78, 5) is 0. The molecule has 2 N–H and O–H groups in total. The molecular weight excluding hydrogens is 247 g/mol. The lowest BCUT2D eigenvalue weighted by Gasteiger charge is -2.10. The number of sulfonamides is 1. The fourth-order valence-electron chi connectivity index (χ4n) is 1.09. The van der Waals surface area contributed by atoms with Crippen LogP contribution in [0.15, 0.2) is 12.1 Å². The van der Waals surface area contributed by atoms with Crippen molar-refractivity contribution in [2.24, 2.45) is 5.14 Å². The predicted molar refractivity (Wildman–Crippen MR) is 49.9 cm³/mol. The first-order valence-electron chi connectivity index (χ1n) is 3.96. The lowest BCUT2D eigenvalue weighted by Crippen LogP contribution is -2.19. The first-order valence-corrected chi connectivity index (χ1v) is 5.57. The van der Waals surface area contributed by atoms with Crippen LogP contribution in [0.2, 0.25) is 0 Å². The molecule has 90 valence electrons. The maximum atomic E-state index is 13.4. The van der Waals surface area contributed by atoms with Gasteiger partial charge in [0.05, 0.1) is 7.11 Å². The molecule has 4 nitrogen and oxygen atoms in total. The number of benzene rings is 1. The predicted octanol–water partition coefficient (Wildman–Crippen LogP) is 1.23. The van der Waals surface area contributed by atoms with E-state index in [4.69, 9.17) is 0 Å². The molecule has 8 heteroatoms. The van der Waals surface area contributed by atoms with Gasteiger partial charge in [0.2, 0.25) is 15.5 Å². The molecule has 1 rings (SSSR count). The number of nitrogens with two attached hydrogens (primary N) is 1. The highest BCUT2D eigenvalue weighted by atomic mass is 32.2. The molecule has 0 fully saturated rings. The molecule has 0 amide bonds. The SMILES string of the molecule is COc1c(F)ccc(C(F)S(N)(=O)=O)c1F. The summed E-state index contributed by atoms with van der Waals surface area (Å²) in [6.07, 6.45) is 0. The Kier molecular flexibility index (Phi) is 3.44. The van der Waals surface area contributed by atoms with Crippen LogP contribution < -0.4 is 9.88 Å². The molecule has 0 bridgehead atoms. The lowest BCUT2D eigenvalue weighted by molar-refractivity contribution is 0.348. The highest BCUT2D eigenvalue weighted by molar-refractivity contribution is 7.89. The summed E-state index contributed by atoms with van der Waals surface area (Å²) in [7, 11) is -3.63. The fraction of sp³-hybridized carbons (Fsp3) is 0.250. The molecule has 0 saturated heterocycles. The van der Waals surface area contributed by atoms with Crippen molar-refractivity contribution in [3.05, 3.63) is 29.3 Å². The van der Waals surface area contributed by atoms with E-state index in [1.54, 1.807) is 0 Å². The summed E-state index contributed by atoms with van der Waals surface area (Å²) in [5.41, 5.74) is -3.65. The molecule has 0 aliphatic carbocycles. The minimum absolute atomic E-state index is 0.655. The maximum absolute atomic E-state index is 13.4. The van der Waals surface area contributed by atoms with Crippen LogP contribution in [0.5, 0.6) is 5.75 Å².